The van der Waals surface area contributed by atoms with Gasteiger partial charge in [-0.3, -0.25) is 0 Å². The summed E-state index contributed by atoms with van der Waals surface area (Å²) in [4.78, 5) is 0. The quantitative estimate of drug-likeness (QED) is 0.882. The summed E-state index contributed by atoms with van der Waals surface area (Å²) in [5.41, 5.74) is 0.663. The predicted molar refractivity (Wildman–Crippen MR) is 71.0 cm³/mol. The first-order chi connectivity index (χ1) is 9.19. The van der Waals surface area contributed by atoms with Gasteiger partial charge in [0.05, 0.1) is 6.10 Å². The second kappa shape index (κ2) is 6.96. The van der Waals surface area contributed by atoms with Crippen molar-refractivity contribution < 1.29 is 13.5 Å². The number of hydrogen-bond donors (Lipinski definition) is 1. The van der Waals surface area contributed by atoms with Gasteiger partial charge in [0, 0.05) is 18.7 Å². The first-order valence-corrected chi connectivity index (χ1v) is 6.94. The largest absolute Gasteiger partial charge is 0.378 e. The molecule has 2 atom stereocenters. The third kappa shape index (κ3) is 4.25. The number of benzene rings is 1. The summed E-state index contributed by atoms with van der Waals surface area (Å²) in [6.45, 7) is 0.837. The molecule has 2 nitrogen and oxygen atoms in total. The molecule has 1 heterocycles. The summed E-state index contributed by atoms with van der Waals surface area (Å²) < 4.78 is 32.1. The molecular formula is C15H21F2NO. The third-order valence-corrected chi connectivity index (χ3v) is 3.69. The van der Waals surface area contributed by atoms with E-state index in [9.17, 15) is 8.78 Å². The molecule has 1 aromatic carbocycles. The Balaban J connectivity index is 1.95. The van der Waals surface area contributed by atoms with Gasteiger partial charge in [0.25, 0.3) is 0 Å². The monoisotopic (exact) mass is 269 g/mol. The number of nitrogens with one attached hydrogen (secondary N) is 1. The highest BCUT2D eigenvalue weighted by Gasteiger charge is 2.17. The highest BCUT2D eigenvalue weighted by molar-refractivity contribution is 5.21. The maximum absolute atomic E-state index is 13.2. The molecule has 0 bridgehead atoms. The predicted octanol–water partition coefficient (Wildman–Crippen LogP) is 3.57. The van der Waals surface area contributed by atoms with Crippen molar-refractivity contribution in [2.24, 2.45) is 0 Å². The van der Waals surface area contributed by atoms with E-state index < -0.39 is 11.6 Å². The van der Waals surface area contributed by atoms with Crippen molar-refractivity contribution in [2.75, 3.05) is 13.7 Å². The average Bonchev–Trinajstić information content (AvgIpc) is 2.39. The fraction of sp³-hybridized carbons (Fsp3) is 0.600. The molecule has 106 valence electrons. The number of halogens is 2. The molecule has 1 aliphatic heterocycles. The fourth-order valence-corrected chi connectivity index (χ4v) is 2.64. The lowest BCUT2D eigenvalue weighted by atomic mass is 9.97. The van der Waals surface area contributed by atoms with Crippen molar-refractivity contribution in [1.82, 2.24) is 5.32 Å². The number of rotatable bonds is 5. The van der Waals surface area contributed by atoms with Crippen molar-refractivity contribution >= 4 is 0 Å². The zero-order valence-electron chi connectivity index (χ0n) is 11.3. The van der Waals surface area contributed by atoms with Crippen LogP contribution in [0.2, 0.25) is 0 Å². The molecule has 0 aromatic heterocycles. The smallest absolute Gasteiger partial charge is 0.126 e. The van der Waals surface area contributed by atoms with E-state index >= 15 is 0 Å². The van der Waals surface area contributed by atoms with E-state index in [0.29, 0.717) is 11.7 Å². The fourth-order valence-electron chi connectivity index (χ4n) is 2.64. The Kier molecular flexibility index (Phi) is 5.28. The van der Waals surface area contributed by atoms with Gasteiger partial charge in [0.15, 0.2) is 0 Å². The van der Waals surface area contributed by atoms with Crippen LogP contribution in [0.3, 0.4) is 0 Å². The maximum Gasteiger partial charge on any atom is 0.126 e. The highest BCUT2D eigenvalue weighted by Crippen LogP contribution is 2.24. The Bertz CT molecular complexity index is 385. The van der Waals surface area contributed by atoms with Crippen LogP contribution in [0.4, 0.5) is 8.78 Å². The molecule has 19 heavy (non-hydrogen) atoms. The van der Waals surface area contributed by atoms with Gasteiger partial charge in [0.1, 0.15) is 11.6 Å². The van der Waals surface area contributed by atoms with E-state index in [1.54, 1.807) is 0 Å². The lowest BCUT2D eigenvalue weighted by Crippen LogP contribution is -2.23. The Morgan fingerprint density at radius 3 is 2.58 bits per heavy atom. The van der Waals surface area contributed by atoms with Crippen LogP contribution < -0.4 is 5.32 Å². The van der Waals surface area contributed by atoms with Gasteiger partial charge >= 0.3 is 0 Å². The lowest BCUT2D eigenvalue weighted by Gasteiger charge is -2.25. The molecule has 1 N–H and O–H groups in total. The van der Waals surface area contributed by atoms with E-state index in [1.165, 1.54) is 18.6 Å². The summed E-state index contributed by atoms with van der Waals surface area (Å²) in [7, 11) is 1.81. The normalized spacial score (nSPS) is 21.3. The van der Waals surface area contributed by atoms with E-state index in [-0.39, 0.29) is 6.04 Å². The molecule has 4 heteroatoms. The molecule has 2 rings (SSSR count). The van der Waals surface area contributed by atoms with Crippen LogP contribution in [-0.4, -0.2) is 19.8 Å². The van der Waals surface area contributed by atoms with Crippen LogP contribution in [0.5, 0.6) is 0 Å². The summed E-state index contributed by atoms with van der Waals surface area (Å²) >= 11 is 0. The Morgan fingerprint density at radius 2 is 2.00 bits per heavy atom. The van der Waals surface area contributed by atoms with Gasteiger partial charge < -0.3 is 10.1 Å². The second-order valence-corrected chi connectivity index (χ2v) is 5.11. The average molecular weight is 269 g/mol. The maximum atomic E-state index is 13.2. The SMILES string of the molecule is CNC(CCC1CCCCO1)c1cc(F)cc(F)c1. The molecular weight excluding hydrogens is 248 g/mol. The highest BCUT2D eigenvalue weighted by atomic mass is 19.1. The van der Waals surface area contributed by atoms with Crippen molar-refractivity contribution in [3.8, 4) is 0 Å². The molecule has 0 amide bonds. The molecule has 0 radical (unpaired) electrons. The van der Waals surface area contributed by atoms with Gasteiger partial charge in [-0.15, -0.1) is 0 Å². The molecule has 2 unspecified atom stereocenters. The number of hydrogen-bond acceptors (Lipinski definition) is 2. The van der Waals surface area contributed by atoms with Gasteiger partial charge in [-0.1, -0.05) is 0 Å². The second-order valence-electron chi connectivity index (χ2n) is 5.11. The minimum Gasteiger partial charge on any atom is -0.378 e. The summed E-state index contributed by atoms with van der Waals surface area (Å²) in [6, 6.07) is 3.66. The molecule has 0 aliphatic carbocycles. The van der Waals surface area contributed by atoms with Gasteiger partial charge in [-0.25, -0.2) is 8.78 Å². The van der Waals surface area contributed by atoms with Crippen LogP contribution >= 0.6 is 0 Å². The van der Waals surface area contributed by atoms with Crippen molar-refractivity contribution in [3.05, 3.63) is 35.4 Å². The van der Waals surface area contributed by atoms with Crippen LogP contribution in [-0.2, 0) is 4.74 Å². The minimum atomic E-state index is -0.524. The number of ether oxygens (including phenoxy) is 1. The molecule has 0 saturated carbocycles. The van der Waals surface area contributed by atoms with Crippen molar-refractivity contribution in [1.29, 1.82) is 0 Å². The van der Waals surface area contributed by atoms with E-state index in [0.717, 1.165) is 38.4 Å². The Hall–Kier alpha value is -1.00. The molecule has 1 aromatic rings. The Morgan fingerprint density at radius 1 is 1.26 bits per heavy atom. The summed E-state index contributed by atoms with van der Waals surface area (Å²) in [5, 5.41) is 3.12. The molecule has 1 saturated heterocycles. The summed E-state index contributed by atoms with van der Waals surface area (Å²) in [5.74, 6) is -1.05. The minimum absolute atomic E-state index is 0.0317. The van der Waals surface area contributed by atoms with E-state index in [4.69, 9.17) is 4.74 Å². The standard InChI is InChI=1S/C15H21F2NO/c1-18-15(6-5-14-4-2-3-7-19-14)11-8-12(16)10-13(17)9-11/h8-10,14-15,18H,2-7H2,1H3. The first-order valence-electron chi connectivity index (χ1n) is 6.94. The van der Waals surface area contributed by atoms with E-state index in [1.807, 2.05) is 7.05 Å². The van der Waals surface area contributed by atoms with Gasteiger partial charge in [0.2, 0.25) is 0 Å². The van der Waals surface area contributed by atoms with Crippen LogP contribution in [0.25, 0.3) is 0 Å². The van der Waals surface area contributed by atoms with Crippen LogP contribution in [0.15, 0.2) is 18.2 Å². The third-order valence-electron chi connectivity index (χ3n) is 3.69. The topological polar surface area (TPSA) is 21.3 Å². The lowest BCUT2D eigenvalue weighted by molar-refractivity contribution is 0.00865. The van der Waals surface area contributed by atoms with Crippen LogP contribution in [0.1, 0.15) is 43.7 Å². The molecule has 1 fully saturated rings. The zero-order chi connectivity index (χ0) is 13.7. The molecule has 1 aliphatic rings. The zero-order valence-corrected chi connectivity index (χ0v) is 11.3. The first kappa shape index (κ1) is 14.4. The van der Waals surface area contributed by atoms with Crippen LogP contribution in [0, 0.1) is 11.6 Å². The van der Waals surface area contributed by atoms with Gasteiger partial charge in [-0.2, -0.15) is 0 Å². The van der Waals surface area contributed by atoms with Crippen molar-refractivity contribution in [3.63, 3.8) is 0 Å². The van der Waals surface area contributed by atoms with E-state index in [2.05, 4.69) is 5.32 Å². The Labute approximate surface area is 113 Å². The van der Waals surface area contributed by atoms with Crippen molar-refractivity contribution in [2.45, 2.75) is 44.2 Å². The molecule has 0 spiro atoms. The van der Waals surface area contributed by atoms with Gasteiger partial charge in [-0.05, 0) is 56.8 Å². The summed E-state index contributed by atoms with van der Waals surface area (Å²) in [6.07, 6.45) is 5.48.